The number of rotatable bonds is 0. The Balaban J connectivity index is 2.47. The number of para-hydroxylation sites is 1. The largest absolute Gasteiger partial charge is 0.482 e. The maximum Gasteiger partial charge on any atom is 0.153 e. The molecule has 11 heavy (non-hydrogen) atoms. The van der Waals surface area contributed by atoms with Gasteiger partial charge in [0, 0.05) is 11.5 Å². The minimum atomic E-state index is 0.464. The van der Waals surface area contributed by atoms with Crippen LogP contribution in [0.1, 0.15) is 25.3 Å². The molecular formula is C10H11O. The number of hydrogen-bond acceptors (Lipinski definition) is 1. The highest BCUT2D eigenvalue weighted by Crippen LogP contribution is 2.40. The van der Waals surface area contributed by atoms with Crippen LogP contribution in [0.3, 0.4) is 0 Å². The first-order valence-corrected chi connectivity index (χ1v) is 3.89. The first-order valence-electron chi connectivity index (χ1n) is 3.89. The summed E-state index contributed by atoms with van der Waals surface area (Å²) in [6, 6.07) is 8.19. The molecule has 0 fully saturated rings. The Morgan fingerprint density at radius 1 is 1.27 bits per heavy atom. The van der Waals surface area contributed by atoms with E-state index >= 15 is 0 Å². The molecule has 1 unspecified atom stereocenters. The van der Waals surface area contributed by atoms with Crippen LogP contribution in [0.15, 0.2) is 24.3 Å². The van der Waals surface area contributed by atoms with Crippen molar-refractivity contribution < 1.29 is 4.74 Å². The van der Waals surface area contributed by atoms with Crippen LogP contribution >= 0.6 is 0 Å². The summed E-state index contributed by atoms with van der Waals surface area (Å²) in [6.45, 7) is 4.20. The molecule has 2 rings (SSSR count). The van der Waals surface area contributed by atoms with Crippen LogP contribution in [-0.2, 0) is 0 Å². The standard InChI is InChI=1S/C10H11O/c1-7-8(2)11-10-6-4-3-5-9(7)10/h3-7H,1-2H3. The van der Waals surface area contributed by atoms with Gasteiger partial charge >= 0.3 is 0 Å². The lowest BCUT2D eigenvalue weighted by Gasteiger charge is -2.05. The van der Waals surface area contributed by atoms with Crippen LogP contribution in [0, 0.1) is 6.10 Å². The van der Waals surface area contributed by atoms with E-state index in [1.54, 1.807) is 0 Å². The first kappa shape index (κ1) is 6.71. The topological polar surface area (TPSA) is 9.23 Å². The fraction of sp³-hybridized carbons (Fsp3) is 0.300. The Labute approximate surface area is 67.0 Å². The third-order valence-electron chi connectivity index (χ3n) is 2.27. The Hall–Kier alpha value is -0.980. The summed E-state index contributed by atoms with van der Waals surface area (Å²) in [5.41, 5.74) is 1.31. The maximum absolute atomic E-state index is 5.54. The second kappa shape index (κ2) is 2.26. The normalized spacial score (nSPS) is 22.9. The van der Waals surface area contributed by atoms with Gasteiger partial charge in [0.1, 0.15) is 5.75 Å². The molecule has 1 radical (unpaired) electrons. The maximum atomic E-state index is 5.54. The van der Waals surface area contributed by atoms with Crippen LogP contribution in [0.4, 0.5) is 0 Å². The van der Waals surface area contributed by atoms with Gasteiger partial charge in [-0.1, -0.05) is 25.1 Å². The van der Waals surface area contributed by atoms with Crippen molar-refractivity contribution in [2.24, 2.45) is 0 Å². The van der Waals surface area contributed by atoms with E-state index in [0.717, 1.165) is 11.9 Å². The molecule has 0 aliphatic carbocycles. The molecule has 0 N–H and O–H groups in total. The molecule has 1 atom stereocenters. The van der Waals surface area contributed by atoms with Crippen molar-refractivity contribution in [2.75, 3.05) is 0 Å². The minimum absolute atomic E-state index is 0.464. The fourth-order valence-corrected chi connectivity index (χ4v) is 1.41. The predicted molar refractivity (Wildman–Crippen MR) is 44.4 cm³/mol. The van der Waals surface area contributed by atoms with Gasteiger partial charge in [0.2, 0.25) is 0 Å². The number of fused-ring (bicyclic) bond motifs is 1. The highest BCUT2D eigenvalue weighted by Gasteiger charge is 2.27. The molecule has 1 nitrogen and oxygen atoms in total. The molecular weight excluding hydrogens is 136 g/mol. The van der Waals surface area contributed by atoms with E-state index in [1.165, 1.54) is 5.56 Å². The average molecular weight is 147 g/mol. The SMILES string of the molecule is C[C]1Oc2ccccc2C1C. The van der Waals surface area contributed by atoms with E-state index in [4.69, 9.17) is 4.74 Å². The molecule has 0 saturated carbocycles. The summed E-state index contributed by atoms with van der Waals surface area (Å²) in [7, 11) is 0. The molecule has 57 valence electrons. The van der Waals surface area contributed by atoms with E-state index in [2.05, 4.69) is 19.1 Å². The quantitative estimate of drug-likeness (QED) is 0.548. The Morgan fingerprint density at radius 2 is 2.00 bits per heavy atom. The van der Waals surface area contributed by atoms with Crippen LogP contribution in [-0.4, -0.2) is 0 Å². The van der Waals surface area contributed by atoms with Crippen molar-refractivity contribution in [1.82, 2.24) is 0 Å². The third-order valence-corrected chi connectivity index (χ3v) is 2.27. The van der Waals surface area contributed by atoms with Crippen LogP contribution in [0.2, 0.25) is 0 Å². The lowest BCUT2D eigenvalue weighted by molar-refractivity contribution is 0.343. The van der Waals surface area contributed by atoms with Crippen molar-refractivity contribution >= 4 is 0 Å². The van der Waals surface area contributed by atoms with Gasteiger partial charge in [0.25, 0.3) is 0 Å². The molecule has 1 aromatic carbocycles. The number of benzene rings is 1. The summed E-state index contributed by atoms with van der Waals surface area (Å²) < 4.78 is 5.54. The highest BCUT2D eigenvalue weighted by atomic mass is 16.5. The van der Waals surface area contributed by atoms with Gasteiger partial charge in [-0.2, -0.15) is 0 Å². The van der Waals surface area contributed by atoms with Gasteiger partial charge in [-0.15, -0.1) is 0 Å². The van der Waals surface area contributed by atoms with E-state index in [9.17, 15) is 0 Å². The van der Waals surface area contributed by atoms with Crippen molar-refractivity contribution in [3.8, 4) is 5.75 Å². The van der Waals surface area contributed by atoms with Gasteiger partial charge in [-0.3, -0.25) is 0 Å². The van der Waals surface area contributed by atoms with E-state index in [1.807, 2.05) is 19.1 Å². The van der Waals surface area contributed by atoms with Crippen molar-refractivity contribution in [3.05, 3.63) is 35.9 Å². The smallest absolute Gasteiger partial charge is 0.153 e. The zero-order valence-electron chi connectivity index (χ0n) is 6.79. The van der Waals surface area contributed by atoms with Crippen LogP contribution < -0.4 is 4.74 Å². The van der Waals surface area contributed by atoms with Gasteiger partial charge < -0.3 is 4.74 Å². The summed E-state index contributed by atoms with van der Waals surface area (Å²) >= 11 is 0. The van der Waals surface area contributed by atoms with Gasteiger partial charge in [0.05, 0.1) is 0 Å². The molecule has 1 heterocycles. The van der Waals surface area contributed by atoms with Crippen molar-refractivity contribution in [2.45, 2.75) is 19.8 Å². The number of ether oxygens (including phenoxy) is 1. The molecule has 0 aromatic heterocycles. The highest BCUT2D eigenvalue weighted by molar-refractivity contribution is 5.43. The van der Waals surface area contributed by atoms with Crippen molar-refractivity contribution in [3.63, 3.8) is 0 Å². The van der Waals surface area contributed by atoms with E-state index in [0.29, 0.717) is 5.92 Å². The van der Waals surface area contributed by atoms with Crippen molar-refractivity contribution in [1.29, 1.82) is 0 Å². The molecule has 1 aliphatic heterocycles. The lowest BCUT2D eigenvalue weighted by atomic mass is 9.99. The summed E-state index contributed by atoms with van der Waals surface area (Å²) in [5, 5.41) is 0. The first-order chi connectivity index (χ1) is 5.29. The van der Waals surface area contributed by atoms with E-state index in [-0.39, 0.29) is 0 Å². The van der Waals surface area contributed by atoms with Gasteiger partial charge in [-0.05, 0) is 13.0 Å². The Bertz CT molecular complexity index is 267. The molecule has 0 amide bonds. The second-order valence-electron chi connectivity index (χ2n) is 2.97. The zero-order chi connectivity index (χ0) is 7.84. The monoisotopic (exact) mass is 147 g/mol. The Morgan fingerprint density at radius 3 is 2.73 bits per heavy atom. The average Bonchev–Trinajstić information content (AvgIpc) is 2.30. The van der Waals surface area contributed by atoms with Gasteiger partial charge in [-0.25, -0.2) is 0 Å². The van der Waals surface area contributed by atoms with E-state index < -0.39 is 0 Å². The second-order valence-corrected chi connectivity index (χ2v) is 2.97. The number of hydrogen-bond donors (Lipinski definition) is 0. The Kier molecular flexibility index (Phi) is 1.38. The summed E-state index contributed by atoms with van der Waals surface area (Å²) in [6.07, 6.45) is 1.10. The zero-order valence-corrected chi connectivity index (χ0v) is 6.79. The van der Waals surface area contributed by atoms with Crippen LogP contribution in [0.5, 0.6) is 5.75 Å². The minimum Gasteiger partial charge on any atom is -0.482 e. The molecule has 0 bridgehead atoms. The summed E-state index contributed by atoms with van der Waals surface area (Å²) in [5.74, 6) is 1.49. The van der Waals surface area contributed by atoms with Gasteiger partial charge in [0.15, 0.2) is 6.10 Å². The lowest BCUT2D eigenvalue weighted by Crippen LogP contribution is -1.99. The molecule has 1 heteroatoms. The molecule has 0 spiro atoms. The third kappa shape index (κ3) is 0.917. The predicted octanol–water partition coefficient (Wildman–Crippen LogP) is 2.73. The summed E-state index contributed by atoms with van der Waals surface area (Å²) in [4.78, 5) is 0. The fourth-order valence-electron chi connectivity index (χ4n) is 1.41. The molecule has 0 saturated heterocycles. The molecule has 1 aliphatic rings. The van der Waals surface area contributed by atoms with Crippen LogP contribution in [0.25, 0.3) is 0 Å². The molecule has 1 aromatic rings.